The second-order valence-electron chi connectivity index (χ2n) is 3.77. The number of hydrogen-bond donors (Lipinski definition) is 4. The molecule has 0 saturated carbocycles. The molecule has 1 heterocycles. The molecule has 0 atom stereocenters. The highest BCUT2D eigenvalue weighted by Gasteiger charge is 2.09. The van der Waals surface area contributed by atoms with E-state index in [-0.39, 0.29) is 19.0 Å². The van der Waals surface area contributed by atoms with E-state index in [1.165, 1.54) is 0 Å². The van der Waals surface area contributed by atoms with Crippen LogP contribution in [0.1, 0.15) is 0 Å². The molecule has 0 unspecified atom stereocenters. The van der Waals surface area contributed by atoms with Crippen LogP contribution in [0, 0.1) is 0 Å². The molecule has 5 heteroatoms. The fraction of sp³-hybridized carbons (Fsp3) is 0.250. The van der Waals surface area contributed by atoms with E-state index in [4.69, 9.17) is 10.2 Å². The third-order valence-electron chi connectivity index (χ3n) is 2.53. The number of nitrogens with one attached hydrogen (secondary N) is 1. The van der Waals surface area contributed by atoms with E-state index in [9.17, 15) is 5.11 Å². The largest absolute Gasteiger partial charge is 0.508 e. The van der Waals surface area contributed by atoms with Crippen LogP contribution in [0.25, 0.3) is 10.8 Å². The average molecular weight is 234 g/mol. The van der Waals surface area contributed by atoms with Crippen LogP contribution in [-0.4, -0.2) is 39.6 Å². The van der Waals surface area contributed by atoms with Crippen LogP contribution >= 0.6 is 0 Å². The Balaban J connectivity index is 2.42. The smallest absolute Gasteiger partial charge is 0.134 e. The molecular formula is C12H14N2O3. The number of pyridine rings is 1. The van der Waals surface area contributed by atoms with Gasteiger partial charge in [0.25, 0.3) is 0 Å². The summed E-state index contributed by atoms with van der Waals surface area (Å²) in [5, 5.41) is 32.1. The molecule has 0 radical (unpaired) electrons. The maximum absolute atomic E-state index is 9.45. The van der Waals surface area contributed by atoms with E-state index in [1.54, 1.807) is 24.4 Å². The van der Waals surface area contributed by atoms with Gasteiger partial charge in [-0.15, -0.1) is 0 Å². The summed E-state index contributed by atoms with van der Waals surface area (Å²) < 4.78 is 0. The first kappa shape index (κ1) is 11.6. The van der Waals surface area contributed by atoms with E-state index in [0.717, 1.165) is 10.8 Å². The molecule has 0 aliphatic carbocycles. The first-order valence-electron chi connectivity index (χ1n) is 5.30. The highest BCUT2D eigenvalue weighted by Crippen LogP contribution is 2.25. The quantitative estimate of drug-likeness (QED) is 0.626. The summed E-state index contributed by atoms with van der Waals surface area (Å²) in [7, 11) is 0. The molecule has 0 aliphatic heterocycles. The number of benzene rings is 1. The minimum absolute atomic E-state index is 0.151. The number of aromatic hydroxyl groups is 1. The van der Waals surface area contributed by atoms with Crippen molar-refractivity contribution in [3.05, 3.63) is 30.5 Å². The standard InChI is InChI=1S/C12H14N2O3/c15-6-9(7-16)14-12-11-5-10(17)2-1-8(11)3-4-13-12/h1-5,9,15-17H,6-7H2,(H,13,14). The highest BCUT2D eigenvalue weighted by atomic mass is 16.3. The van der Waals surface area contributed by atoms with Crippen molar-refractivity contribution < 1.29 is 15.3 Å². The van der Waals surface area contributed by atoms with Gasteiger partial charge in [0.15, 0.2) is 0 Å². The zero-order chi connectivity index (χ0) is 12.3. The lowest BCUT2D eigenvalue weighted by Crippen LogP contribution is -2.28. The monoisotopic (exact) mass is 234 g/mol. The number of phenols is 1. The second-order valence-corrected chi connectivity index (χ2v) is 3.77. The van der Waals surface area contributed by atoms with E-state index in [1.807, 2.05) is 6.07 Å². The average Bonchev–Trinajstić information content (AvgIpc) is 2.36. The molecule has 0 amide bonds. The summed E-state index contributed by atoms with van der Waals surface area (Å²) in [5.41, 5.74) is 0. The van der Waals surface area contributed by atoms with Gasteiger partial charge < -0.3 is 20.6 Å². The summed E-state index contributed by atoms with van der Waals surface area (Å²) in [4.78, 5) is 4.14. The van der Waals surface area contributed by atoms with Gasteiger partial charge >= 0.3 is 0 Å². The van der Waals surface area contributed by atoms with Gasteiger partial charge in [-0.1, -0.05) is 6.07 Å². The van der Waals surface area contributed by atoms with Crippen LogP contribution in [0.2, 0.25) is 0 Å². The minimum atomic E-state index is -0.463. The molecule has 0 fully saturated rings. The van der Waals surface area contributed by atoms with E-state index >= 15 is 0 Å². The van der Waals surface area contributed by atoms with Gasteiger partial charge in [0.1, 0.15) is 11.6 Å². The SMILES string of the molecule is OCC(CO)Nc1nccc2ccc(O)cc12. The van der Waals surface area contributed by atoms with Crippen molar-refractivity contribution in [1.82, 2.24) is 4.98 Å². The fourth-order valence-corrected chi connectivity index (χ4v) is 1.61. The van der Waals surface area contributed by atoms with E-state index in [2.05, 4.69) is 10.3 Å². The number of aliphatic hydroxyl groups is 2. The van der Waals surface area contributed by atoms with Crippen LogP contribution in [0.15, 0.2) is 30.5 Å². The van der Waals surface area contributed by atoms with Crippen LogP contribution in [0.4, 0.5) is 5.82 Å². The Labute approximate surface area is 98.4 Å². The Morgan fingerprint density at radius 1 is 1.18 bits per heavy atom. The minimum Gasteiger partial charge on any atom is -0.508 e. The maximum atomic E-state index is 9.45. The Bertz CT molecular complexity index is 512. The molecule has 4 N–H and O–H groups in total. The molecule has 5 nitrogen and oxygen atoms in total. The van der Waals surface area contributed by atoms with Crippen molar-refractivity contribution >= 4 is 16.6 Å². The van der Waals surface area contributed by atoms with Crippen molar-refractivity contribution in [1.29, 1.82) is 0 Å². The molecular weight excluding hydrogens is 220 g/mol. The molecule has 90 valence electrons. The van der Waals surface area contributed by atoms with Gasteiger partial charge in [-0.3, -0.25) is 0 Å². The third kappa shape index (κ3) is 2.46. The van der Waals surface area contributed by atoms with Gasteiger partial charge in [0.2, 0.25) is 0 Å². The Kier molecular flexibility index (Phi) is 3.41. The number of anilines is 1. The molecule has 0 saturated heterocycles. The van der Waals surface area contributed by atoms with Crippen molar-refractivity contribution in [2.45, 2.75) is 6.04 Å². The van der Waals surface area contributed by atoms with Gasteiger partial charge in [-0.05, 0) is 23.6 Å². The maximum Gasteiger partial charge on any atom is 0.134 e. The number of aliphatic hydroxyl groups excluding tert-OH is 2. The molecule has 1 aromatic heterocycles. The molecule has 2 rings (SSSR count). The summed E-state index contributed by atoms with van der Waals surface area (Å²) >= 11 is 0. The van der Waals surface area contributed by atoms with Crippen LogP contribution in [0.5, 0.6) is 5.75 Å². The van der Waals surface area contributed by atoms with Crippen LogP contribution < -0.4 is 5.32 Å². The predicted molar refractivity (Wildman–Crippen MR) is 65.0 cm³/mol. The third-order valence-corrected chi connectivity index (χ3v) is 2.53. The molecule has 17 heavy (non-hydrogen) atoms. The second kappa shape index (κ2) is 4.99. The number of fused-ring (bicyclic) bond motifs is 1. The number of rotatable bonds is 4. The first-order chi connectivity index (χ1) is 8.24. The lowest BCUT2D eigenvalue weighted by molar-refractivity contribution is 0.203. The van der Waals surface area contributed by atoms with Gasteiger partial charge in [-0.25, -0.2) is 4.98 Å². The number of phenolic OH excluding ortho intramolecular Hbond substituents is 1. The number of nitrogens with zero attached hydrogens (tertiary/aromatic N) is 1. The summed E-state index contributed by atoms with van der Waals surface area (Å²) in [6, 6.07) is 6.34. The van der Waals surface area contributed by atoms with Crippen LogP contribution in [-0.2, 0) is 0 Å². The molecule has 2 aromatic rings. The van der Waals surface area contributed by atoms with Gasteiger partial charge in [0.05, 0.1) is 19.3 Å². The zero-order valence-corrected chi connectivity index (χ0v) is 9.17. The van der Waals surface area contributed by atoms with Crippen molar-refractivity contribution in [3.63, 3.8) is 0 Å². The summed E-state index contributed by atoms with van der Waals surface area (Å²) in [5.74, 6) is 0.685. The summed E-state index contributed by atoms with van der Waals surface area (Å²) in [6.45, 7) is -0.374. The highest BCUT2D eigenvalue weighted by molar-refractivity contribution is 5.92. The van der Waals surface area contributed by atoms with Crippen molar-refractivity contribution in [2.24, 2.45) is 0 Å². The first-order valence-corrected chi connectivity index (χ1v) is 5.30. The normalized spacial score (nSPS) is 11.0. The fourth-order valence-electron chi connectivity index (χ4n) is 1.61. The number of hydrogen-bond acceptors (Lipinski definition) is 5. The zero-order valence-electron chi connectivity index (χ0n) is 9.17. The summed E-state index contributed by atoms with van der Waals surface area (Å²) in [6.07, 6.45) is 1.63. The lowest BCUT2D eigenvalue weighted by Gasteiger charge is -2.15. The molecule has 0 aliphatic rings. The Hall–Kier alpha value is -1.85. The molecule has 0 spiro atoms. The Morgan fingerprint density at radius 3 is 2.65 bits per heavy atom. The topological polar surface area (TPSA) is 85.6 Å². The van der Waals surface area contributed by atoms with E-state index < -0.39 is 6.04 Å². The predicted octanol–water partition coefficient (Wildman–Crippen LogP) is 0.705. The van der Waals surface area contributed by atoms with Gasteiger partial charge in [-0.2, -0.15) is 0 Å². The lowest BCUT2D eigenvalue weighted by atomic mass is 10.1. The van der Waals surface area contributed by atoms with Crippen LogP contribution in [0.3, 0.4) is 0 Å². The molecule has 0 bridgehead atoms. The van der Waals surface area contributed by atoms with Gasteiger partial charge in [0, 0.05) is 11.6 Å². The molecule has 1 aromatic carbocycles. The van der Waals surface area contributed by atoms with Crippen molar-refractivity contribution in [3.8, 4) is 5.75 Å². The van der Waals surface area contributed by atoms with Crippen molar-refractivity contribution in [2.75, 3.05) is 18.5 Å². The number of aromatic nitrogens is 1. The Morgan fingerprint density at radius 2 is 1.94 bits per heavy atom. The van der Waals surface area contributed by atoms with E-state index in [0.29, 0.717) is 5.82 Å².